The van der Waals surface area contributed by atoms with E-state index in [9.17, 15) is 4.79 Å². The van der Waals surface area contributed by atoms with Crippen LogP contribution in [0.15, 0.2) is 30.6 Å². The molecule has 2 amide bonds. The number of rotatable bonds is 2. The van der Waals surface area contributed by atoms with E-state index in [0.717, 1.165) is 5.56 Å². The van der Waals surface area contributed by atoms with Crippen molar-refractivity contribution >= 4 is 17.7 Å². The molecule has 2 aromatic heterocycles. The van der Waals surface area contributed by atoms with Gasteiger partial charge in [0.1, 0.15) is 11.6 Å². The molecule has 0 fully saturated rings. The minimum atomic E-state index is -0.343. The summed E-state index contributed by atoms with van der Waals surface area (Å²) in [7, 11) is 1.75. The maximum absolute atomic E-state index is 11.6. The summed E-state index contributed by atoms with van der Waals surface area (Å²) in [6.45, 7) is 1.94. The van der Waals surface area contributed by atoms with E-state index in [-0.39, 0.29) is 6.03 Å². The van der Waals surface area contributed by atoms with E-state index in [0.29, 0.717) is 11.6 Å². The van der Waals surface area contributed by atoms with Crippen molar-refractivity contribution in [2.45, 2.75) is 6.92 Å². The Hall–Kier alpha value is -2.37. The molecule has 0 radical (unpaired) electrons. The van der Waals surface area contributed by atoms with Crippen molar-refractivity contribution in [2.24, 2.45) is 7.05 Å². The van der Waals surface area contributed by atoms with E-state index >= 15 is 0 Å². The van der Waals surface area contributed by atoms with Gasteiger partial charge >= 0.3 is 6.03 Å². The molecular weight excluding hydrogens is 218 g/mol. The van der Waals surface area contributed by atoms with Gasteiger partial charge < -0.3 is 0 Å². The molecule has 6 heteroatoms. The Kier molecular flexibility index (Phi) is 3.04. The fraction of sp³-hybridized carbons (Fsp3) is 0.182. The van der Waals surface area contributed by atoms with Crippen LogP contribution in [-0.2, 0) is 7.05 Å². The number of nitrogens with zero attached hydrogens (tertiary/aromatic N) is 3. The van der Waals surface area contributed by atoms with Crippen molar-refractivity contribution in [2.75, 3.05) is 10.6 Å². The van der Waals surface area contributed by atoms with E-state index in [2.05, 4.69) is 20.7 Å². The lowest BCUT2D eigenvalue weighted by Gasteiger charge is -2.06. The highest BCUT2D eigenvalue weighted by Crippen LogP contribution is 2.06. The van der Waals surface area contributed by atoms with Crippen molar-refractivity contribution in [1.29, 1.82) is 0 Å². The molecule has 0 bridgehead atoms. The summed E-state index contributed by atoms with van der Waals surface area (Å²) in [6.07, 6.45) is 3.30. The van der Waals surface area contributed by atoms with E-state index in [4.69, 9.17) is 0 Å². The summed E-state index contributed by atoms with van der Waals surface area (Å²) in [5.41, 5.74) is 1.04. The Bertz CT molecular complexity index is 517. The number of hydrogen-bond acceptors (Lipinski definition) is 3. The van der Waals surface area contributed by atoms with Crippen LogP contribution in [0.4, 0.5) is 16.4 Å². The fourth-order valence-electron chi connectivity index (χ4n) is 1.30. The highest BCUT2D eigenvalue weighted by molar-refractivity contribution is 5.98. The van der Waals surface area contributed by atoms with Crippen molar-refractivity contribution < 1.29 is 4.79 Å². The average molecular weight is 231 g/mol. The molecule has 0 aliphatic rings. The molecule has 2 rings (SSSR count). The monoisotopic (exact) mass is 231 g/mol. The van der Waals surface area contributed by atoms with Crippen LogP contribution in [0, 0.1) is 6.92 Å². The summed E-state index contributed by atoms with van der Waals surface area (Å²) >= 11 is 0. The van der Waals surface area contributed by atoms with Gasteiger partial charge in [0.05, 0.1) is 6.20 Å². The van der Waals surface area contributed by atoms with Crippen molar-refractivity contribution in [3.05, 3.63) is 36.2 Å². The number of hydrogen-bond donors (Lipinski definition) is 2. The second-order valence-corrected chi connectivity index (χ2v) is 3.64. The number of amides is 2. The molecule has 0 atom stereocenters. The van der Waals surface area contributed by atoms with Crippen LogP contribution in [-0.4, -0.2) is 20.8 Å². The summed E-state index contributed by atoms with van der Waals surface area (Å²) in [6, 6.07) is 5.00. The predicted octanol–water partition coefficient (Wildman–Crippen LogP) is 1.77. The van der Waals surface area contributed by atoms with Gasteiger partial charge in [0.15, 0.2) is 0 Å². The second-order valence-electron chi connectivity index (χ2n) is 3.64. The molecule has 0 spiro atoms. The Morgan fingerprint density at radius 1 is 1.29 bits per heavy atom. The molecule has 0 aliphatic carbocycles. The van der Waals surface area contributed by atoms with Gasteiger partial charge in [-0.2, -0.15) is 5.10 Å². The van der Waals surface area contributed by atoms with E-state index in [1.807, 2.05) is 13.0 Å². The standard InChI is InChI=1S/C11H13N5O/c1-8-3-4-9(12-7-8)14-11(17)15-10-5-6-13-16(10)2/h3-7H,1-2H3,(H2,12,14,15,17). The first-order valence-corrected chi connectivity index (χ1v) is 5.14. The first-order valence-electron chi connectivity index (χ1n) is 5.14. The lowest BCUT2D eigenvalue weighted by molar-refractivity contribution is 0.262. The molecule has 0 aliphatic heterocycles. The van der Waals surface area contributed by atoms with Gasteiger partial charge in [0, 0.05) is 19.3 Å². The van der Waals surface area contributed by atoms with E-state index < -0.39 is 0 Å². The number of pyridine rings is 1. The minimum Gasteiger partial charge on any atom is -0.292 e. The molecule has 0 saturated heterocycles. The molecule has 0 unspecified atom stereocenters. The number of carbonyl (C=O) groups excluding carboxylic acids is 1. The van der Waals surface area contributed by atoms with Crippen molar-refractivity contribution in [1.82, 2.24) is 14.8 Å². The van der Waals surface area contributed by atoms with Crippen LogP contribution >= 0.6 is 0 Å². The SMILES string of the molecule is Cc1ccc(NC(=O)Nc2ccnn2C)nc1. The van der Waals surface area contributed by atoms with Crippen LogP contribution in [0.2, 0.25) is 0 Å². The Morgan fingerprint density at radius 3 is 2.71 bits per heavy atom. The lowest BCUT2D eigenvalue weighted by Crippen LogP contribution is -2.21. The summed E-state index contributed by atoms with van der Waals surface area (Å²) < 4.78 is 1.57. The maximum Gasteiger partial charge on any atom is 0.326 e. The molecule has 2 N–H and O–H groups in total. The van der Waals surface area contributed by atoms with Crippen LogP contribution in [0.1, 0.15) is 5.56 Å². The van der Waals surface area contributed by atoms with Gasteiger partial charge in [-0.3, -0.25) is 15.3 Å². The van der Waals surface area contributed by atoms with Crippen molar-refractivity contribution in [3.8, 4) is 0 Å². The zero-order valence-electron chi connectivity index (χ0n) is 9.64. The third-order valence-electron chi connectivity index (χ3n) is 2.22. The number of aryl methyl sites for hydroxylation is 2. The minimum absolute atomic E-state index is 0.343. The highest BCUT2D eigenvalue weighted by Gasteiger charge is 2.05. The third-order valence-corrected chi connectivity index (χ3v) is 2.22. The fourth-order valence-corrected chi connectivity index (χ4v) is 1.30. The Morgan fingerprint density at radius 2 is 2.12 bits per heavy atom. The number of urea groups is 1. The van der Waals surface area contributed by atoms with Gasteiger partial charge in [0.2, 0.25) is 0 Å². The van der Waals surface area contributed by atoms with Crippen LogP contribution in [0.25, 0.3) is 0 Å². The zero-order chi connectivity index (χ0) is 12.3. The highest BCUT2D eigenvalue weighted by atomic mass is 16.2. The molecule has 88 valence electrons. The number of aromatic nitrogens is 3. The Balaban J connectivity index is 1.98. The third kappa shape index (κ3) is 2.81. The topological polar surface area (TPSA) is 71.8 Å². The molecule has 0 aromatic carbocycles. The van der Waals surface area contributed by atoms with Crippen LogP contribution in [0.3, 0.4) is 0 Å². The van der Waals surface area contributed by atoms with E-state index in [1.165, 1.54) is 0 Å². The van der Waals surface area contributed by atoms with Gasteiger partial charge in [-0.1, -0.05) is 6.07 Å². The smallest absolute Gasteiger partial charge is 0.292 e. The Labute approximate surface area is 98.7 Å². The number of carbonyl (C=O) groups is 1. The summed E-state index contributed by atoms with van der Waals surface area (Å²) in [5, 5.41) is 9.24. The molecule has 17 heavy (non-hydrogen) atoms. The average Bonchev–Trinajstić information content (AvgIpc) is 2.68. The maximum atomic E-state index is 11.6. The molecular formula is C11H13N5O. The number of anilines is 2. The summed E-state index contributed by atoms with van der Waals surface area (Å²) in [5.74, 6) is 1.13. The molecule has 2 aromatic rings. The van der Waals surface area contributed by atoms with Gasteiger partial charge in [-0.25, -0.2) is 9.78 Å². The first-order chi connectivity index (χ1) is 8.15. The quantitative estimate of drug-likeness (QED) is 0.827. The summed E-state index contributed by atoms with van der Waals surface area (Å²) in [4.78, 5) is 15.7. The second kappa shape index (κ2) is 4.65. The van der Waals surface area contributed by atoms with Crippen LogP contribution < -0.4 is 10.6 Å². The van der Waals surface area contributed by atoms with Gasteiger partial charge in [-0.15, -0.1) is 0 Å². The largest absolute Gasteiger partial charge is 0.326 e. The number of nitrogens with one attached hydrogen (secondary N) is 2. The lowest BCUT2D eigenvalue weighted by atomic mass is 10.3. The molecule has 0 saturated carbocycles. The van der Waals surface area contributed by atoms with E-state index in [1.54, 1.807) is 36.3 Å². The zero-order valence-corrected chi connectivity index (χ0v) is 9.64. The van der Waals surface area contributed by atoms with Gasteiger partial charge in [-0.05, 0) is 18.6 Å². The van der Waals surface area contributed by atoms with Gasteiger partial charge in [0.25, 0.3) is 0 Å². The molecule has 6 nitrogen and oxygen atoms in total. The molecule has 2 heterocycles. The normalized spacial score (nSPS) is 10.0. The predicted molar refractivity (Wildman–Crippen MR) is 64.8 cm³/mol. The first kappa shape index (κ1) is 11.1. The van der Waals surface area contributed by atoms with Crippen molar-refractivity contribution in [3.63, 3.8) is 0 Å². The van der Waals surface area contributed by atoms with Crippen LogP contribution in [0.5, 0.6) is 0 Å².